The lowest BCUT2D eigenvalue weighted by molar-refractivity contribution is -0.151. The monoisotopic (exact) mass is 272 g/mol. The molecule has 0 heterocycles. The Labute approximate surface area is 110 Å². The summed E-state index contributed by atoms with van der Waals surface area (Å²) >= 11 is -1.34. The smallest absolute Gasteiger partial charge is 0.356 e. The molecule has 0 radical (unpaired) electrons. The number of carbonyl (C=O) groups is 1. The van der Waals surface area contributed by atoms with Crippen LogP contribution in [0.5, 0.6) is 0 Å². The van der Waals surface area contributed by atoms with Crippen LogP contribution < -0.4 is 0 Å². The standard InChI is InChI=1S/C13H17FO3S/c1-13(2,3)17-12(15)9-18(16)8-10-4-6-11(14)7-5-10/h4-7H,8-9H2,1-3H3. The van der Waals surface area contributed by atoms with E-state index in [1.54, 1.807) is 32.9 Å². The molecule has 1 atom stereocenters. The first-order chi connectivity index (χ1) is 8.26. The van der Waals surface area contributed by atoms with Crippen LogP contribution in [0.4, 0.5) is 4.39 Å². The molecule has 5 heteroatoms. The Kier molecular flexibility index (Phi) is 5.16. The zero-order chi connectivity index (χ0) is 13.8. The second kappa shape index (κ2) is 6.20. The van der Waals surface area contributed by atoms with Crippen molar-refractivity contribution < 1.29 is 18.5 Å². The molecule has 0 bridgehead atoms. The number of hydrogen-bond donors (Lipinski definition) is 0. The summed E-state index contributed by atoms with van der Waals surface area (Å²) in [7, 11) is 0. The maximum absolute atomic E-state index is 12.7. The molecule has 0 fully saturated rings. The molecule has 0 aromatic heterocycles. The second-order valence-electron chi connectivity index (χ2n) is 4.94. The van der Waals surface area contributed by atoms with Crippen LogP contribution in [0.2, 0.25) is 0 Å². The topological polar surface area (TPSA) is 49.4 Å². The summed E-state index contributed by atoms with van der Waals surface area (Å²) in [4.78, 5) is 11.4. The summed E-state index contributed by atoms with van der Waals surface area (Å²) in [6.07, 6.45) is 0. The number of ether oxygens (including phenoxy) is 1. The van der Waals surface area contributed by atoms with Gasteiger partial charge in [0.15, 0.2) is 0 Å². The van der Waals surface area contributed by atoms with Gasteiger partial charge in [-0.05, 0) is 44.1 Å². The fourth-order valence-electron chi connectivity index (χ4n) is 1.32. The Morgan fingerprint density at radius 1 is 1.33 bits per heavy atom. The van der Waals surface area contributed by atoms with Crippen molar-refractivity contribution in [2.75, 3.05) is 5.75 Å². The molecule has 1 unspecified atom stereocenters. The van der Waals surface area contributed by atoms with Gasteiger partial charge in [0, 0.05) is 5.56 Å². The second-order valence-corrected chi connectivity index (χ2v) is 6.40. The van der Waals surface area contributed by atoms with E-state index in [2.05, 4.69) is 0 Å². The first-order valence-corrected chi connectivity index (χ1v) is 7.06. The van der Waals surface area contributed by atoms with E-state index in [9.17, 15) is 13.7 Å². The third-order valence-electron chi connectivity index (χ3n) is 1.94. The van der Waals surface area contributed by atoms with Crippen LogP contribution in [0.3, 0.4) is 0 Å². The van der Waals surface area contributed by atoms with Crippen molar-refractivity contribution in [3.8, 4) is 0 Å². The predicted molar refractivity (Wildman–Crippen MR) is 69.0 cm³/mol. The lowest BCUT2D eigenvalue weighted by Crippen LogP contribution is -2.29. The highest BCUT2D eigenvalue weighted by atomic mass is 32.2. The molecule has 1 rings (SSSR count). The Hall–Kier alpha value is -1.07. The van der Waals surface area contributed by atoms with Gasteiger partial charge in [-0.15, -0.1) is 0 Å². The van der Waals surface area contributed by atoms with Gasteiger partial charge >= 0.3 is 5.97 Å². The van der Waals surface area contributed by atoms with E-state index in [1.807, 2.05) is 0 Å². The minimum atomic E-state index is -1.34. The minimum absolute atomic E-state index is 0.144. The molecule has 0 saturated heterocycles. The Bertz CT molecular complexity index is 398. The van der Waals surface area contributed by atoms with Gasteiger partial charge in [0.25, 0.3) is 0 Å². The van der Waals surface area contributed by atoms with Crippen LogP contribution in [-0.2, 0) is 26.5 Å². The molecule has 0 aliphatic rings. The third kappa shape index (κ3) is 6.02. The molecule has 0 aliphatic heterocycles. The molecule has 0 spiro atoms. The number of esters is 1. The number of benzene rings is 1. The minimum Gasteiger partial charge on any atom is -0.616 e. The van der Waals surface area contributed by atoms with Crippen LogP contribution in [0, 0.1) is 5.82 Å². The van der Waals surface area contributed by atoms with Crippen LogP contribution in [0.25, 0.3) is 0 Å². The molecule has 0 amide bonds. The lowest BCUT2D eigenvalue weighted by atomic mass is 10.2. The van der Waals surface area contributed by atoms with E-state index >= 15 is 0 Å². The summed E-state index contributed by atoms with van der Waals surface area (Å²) < 4.78 is 29.5. The van der Waals surface area contributed by atoms with Crippen LogP contribution in [0.15, 0.2) is 24.3 Å². The highest BCUT2D eigenvalue weighted by Crippen LogP contribution is 2.11. The molecule has 0 saturated carbocycles. The van der Waals surface area contributed by atoms with Crippen molar-refractivity contribution >= 4 is 17.1 Å². The van der Waals surface area contributed by atoms with Crippen molar-refractivity contribution in [2.45, 2.75) is 32.1 Å². The lowest BCUT2D eigenvalue weighted by Gasteiger charge is -2.20. The number of carbonyl (C=O) groups excluding carboxylic acids is 1. The molecule has 1 aromatic rings. The van der Waals surface area contributed by atoms with E-state index in [1.165, 1.54) is 12.1 Å². The van der Waals surface area contributed by atoms with Crippen molar-refractivity contribution in [3.05, 3.63) is 35.6 Å². The maximum atomic E-state index is 12.7. The number of hydrogen-bond acceptors (Lipinski definition) is 3. The Balaban J connectivity index is 2.44. The number of halogens is 1. The van der Waals surface area contributed by atoms with Crippen LogP contribution >= 0.6 is 0 Å². The van der Waals surface area contributed by atoms with E-state index in [-0.39, 0.29) is 17.3 Å². The van der Waals surface area contributed by atoms with E-state index in [0.29, 0.717) is 0 Å². The fraction of sp³-hybridized carbons (Fsp3) is 0.462. The summed E-state index contributed by atoms with van der Waals surface area (Å²) in [5.74, 6) is -0.742. The molecule has 18 heavy (non-hydrogen) atoms. The average Bonchev–Trinajstić information content (AvgIpc) is 2.18. The summed E-state index contributed by atoms with van der Waals surface area (Å²) in [6.45, 7) is 5.27. The highest BCUT2D eigenvalue weighted by Gasteiger charge is 2.21. The van der Waals surface area contributed by atoms with Gasteiger partial charge in [-0.25, -0.2) is 9.18 Å². The Morgan fingerprint density at radius 3 is 2.39 bits per heavy atom. The van der Waals surface area contributed by atoms with Gasteiger partial charge in [0.05, 0.1) is 0 Å². The summed E-state index contributed by atoms with van der Waals surface area (Å²) in [5, 5.41) is 0. The largest absolute Gasteiger partial charge is 0.616 e. The highest BCUT2D eigenvalue weighted by molar-refractivity contribution is 7.91. The van der Waals surface area contributed by atoms with Gasteiger partial charge in [0.2, 0.25) is 5.75 Å². The first kappa shape index (κ1) is 15.0. The van der Waals surface area contributed by atoms with Gasteiger partial charge in [0.1, 0.15) is 17.2 Å². The van der Waals surface area contributed by atoms with E-state index in [4.69, 9.17) is 4.74 Å². The summed E-state index contributed by atoms with van der Waals surface area (Å²) in [6, 6.07) is 5.73. The van der Waals surface area contributed by atoms with Gasteiger partial charge in [-0.3, -0.25) is 0 Å². The van der Waals surface area contributed by atoms with Crippen LogP contribution in [0.1, 0.15) is 26.3 Å². The predicted octanol–water partition coefficient (Wildman–Crippen LogP) is 2.42. The van der Waals surface area contributed by atoms with Gasteiger partial charge in [-0.2, -0.15) is 0 Å². The van der Waals surface area contributed by atoms with E-state index in [0.717, 1.165) is 5.56 Å². The quantitative estimate of drug-likeness (QED) is 0.624. The molecule has 0 N–H and O–H groups in total. The molecule has 0 aliphatic carbocycles. The molecule has 100 valence electrons. The van der Waals surface area contributed by atoms with Crippen molar-refractivity contribution in [1.82, 2.24) is 0 Å². The SMILES string of the molecule is CC(C)(C)OC(=O)C[S+]([O-])Cc1ccc(F)cc1. The Morgan fingerprint density at radius 2 is 1.89 bits per heavy atom. The maximum Gasteiger partial charge on any atom is 0.356 e. The number of rotatable bonds is 4. The van der Waals surface area contributed by atoms with Crippen LogP contribution in [-0.4, -0.2) is 21.9 Å². The summed E-state index contributed by atoms with van der Waals surface area (Å²) in [5.41, 5.74) is 0.162. The zero-order valence-electron chi connectivity index (χ0n) is 10.7. The molecule has 1 aromatic carbocycles. The van der Waals surface area contributed by atoms with Gasteiger partial charge < -0.3 is 9.29 Å². The molecular weight excluding hydrogens is 255 g/mol. The first-order valence-electron chi connectivity index (χ1n) is 5.57. The van der Waals surface area contributed by atoms with Gasteiger partial charge in [-0.1, -0.05) is 12.1 Å². The zero-order valence-corrected chi connectivity index (χ0v) is 11.6. The molecule has 3 nitrogen and oxygen atoms in total. The average molecular weight is 272 g/mol. The van der Waals surface area contributed by atoms with Crippen molar-refractivity contribution in [3.63, 3.8) is 0 Å². The normalized spacial score (nSPS) is 13.2. The third-order valence-corrected chi connectivity index (χ3v) is 3.15. The van der Waals surface area contributed by atoms with E-state index < -0.39 is 22.7 Å². The van der Waals surface area contributed by atoms with Crippen molar-refractivity contribution in [1.29, 1.82) is 0 Å². The fourth-order valence-corrected chi connectivity index (χ4v) is 2.31. The van der Waals surface area contributed by atoms with Crippen molar-refractivity contribution in [2.24, 2.45) is 0 Å². The molecular formula is C13H17FO3S.